The monoisotopic (exact) mass is 1300 g/mol. The van der Waals surface area contributed by atoms with Gasteiger partial charge in [-0.2, -0.15) is 0 Å². The highest BCUT2D eigenvalue weighted by Crippen LogP contribution is 2.72. The molecule has 10 aliphatic rings. The van der Waals surface area contributed by atoms with E-state index in [0.29, 0.717) is 50.5 Å². The third kappa shape index (κ3) is 12.5. The van der Waals surface area contributed by atoms with Gasteiger partial charge < -0.3 is 159 Å². The second-order valence-electron chi connectivity index (χ2n) is 26.8. The Morgan fingerprint density at radius 1 is 0.422 bits per heavy atom. The molecule has 10 fully saturated rings. The molecule has 90 heavy (non-hydrogen) atoms. The number of rotatable bonds is 18. The number of carbonyl (C=O) groups is 1. The molecule has 10 rings (SSSR count). The third-order valence-corrected chi connectivity index (χ3v) is 21.6. The molecule has 4 saturated carbocycles. The van der Waals surface area contributed by atoms with Gasteiger partial charge in [0, 0.05) is 0 Å². The molecule has 1 spiro atoms. The number of ether oxygens (including phenoxy) is 12. The van der Waals surface area contributed by atoms with Crippen LogP contribution >= 0.6 is 0 Å². The van der Waals surface area contributed by atoms with Crippen LogP contribution in [-0.4, -0.2) is 338 Å². The summed E-state index contributed by atoms with van der Waals surface area (Å²) in [5.74, 6) is -1.45. The molecule has 0 amide bonds. The van der Waals surface area contributed by atoms with Crippen LogP contribution in [0.15, 0.2) is 12.2 Å². The highest BCUT2D eigenvalue weighted by molar-refractivity contribution is 5.77. The van der Waals surface area contributed by atoms with E-state index in [1.165, 1.54) is 0 Å². The highest BCUT2D eigenvalue weighted by atomic mass is 16.8. The number of fused-ring (bicyclic) bond motifs is 3. The second-order valence-corrected chi connectivity index (χ2v) is 26.8. The highest BCUT2D eigenvalue weighted by Gasteiger charge is 2.69. The Bertz CT molecular complexity index is 2410. The first-order valence-electron chi connectivity index (χ1n) is 30.9. The van der Waals surface area contributed by atoms with Gasteiger partial charge in [-0.3, -0.25) is 4.79 Å². The molecule has 0 aromatic heterocycles. The molecule has 0 aromatic carbocycles. The first-order valence-corrected chi connectivity index (χ1v) is 30.9. The summed E-state index contributed by atoms with van der Waals surface area (Å²) in [5, 5.41) is 215. The number of aliphatic hydroxyl groups is 20. The van der Waals surface area contributed by atoms with E-state index < -0.39 is 258 Å². The normalized spacial score (nSPS) is 54.1. The molecule has 6 heterocycles. The van der Waals surface area contributed by atoms with Crippen LogP contribution in [-0.2, 0) is 61.6 Å². The lowest BCUT2D eigenvalue weighted by atomic mass is 9.46. The van der Waals surface area contributed by atoms with Crippen molar-refractivity contribution >= 4 is 5.97 Å². The first kappa shape index (κ1) is 70.8. The van der Waals surface area contributed by atoms with Gasteiger partial charge in [0.2, 0.25) is 6.29 Å². The van der Waals surface area contributed by atoms with Crippen LogP contribution in [0.5, 0.6) is 0 Å². The average Bonchev–Trinajstić information content (AvgIpc) is 1.50. The molecule has 6 aliphatic heterocycles. The lowest BCUT2D eigenvalue weighted by Crippen LogP contribution is -2.68. The minimum atomic E-state index is -2.08. The zero-order valence-electron chi connectivity index (χ0n) is 49.7. The fraction of sp³-hybridized carbons (Fsp3) is 0.947. The van der Waals surface area contributed by atoms with Gasteiger partial charge in [-0.1, -0.05) is 26.3 Å². The Kier molecular flexibility index (Phi) is 21.9. The number of aliphatic hydroxyl groups excluding tert-OH is 20. The van der Waals surface area contributed by atoms with Crippen molar-refractivity contribution in [3.8, 4) is 0 Å². The second kappa shape index (κ2) is 27.8. The van der Waals surface area contributed by atoms with Crippen LogP contribution in [0.3, 0.4) is 0 Å². The first-order chi connectivity index (χ1) is 42.6. The number of hydrogen-bond donors (Lipinski definition) is 20. The van der Waals surface area contributed by atoms with Gasteiger partial charge in [-0.25, -0.2) is 0 Å². The zero-order valence-corrected chi connectivity index (χ0v) is 49.7. The van der Waals surface area contributed by atoms with Crippen molar-refractivity contribution in [3.05, 3.63) is 12.2 Å². The molecule has 20 N–H and O–H groups in total. The molecule has 33 nitrogen and oxygen atoms in total. The quantitative estimate of drug-likeness (QED) is 0.0448. The van der Waals surface area contributed by atoms with Gasteiger partial charge in [0.15, 0.2) is 37.6 Å². The minimum Gasteiger partial charge on any atom is -0.432 e. The molecule has 0 aromatic rings. The number of carbonyl (C=O) groups excluding carboxylic acids is 1. The lowest BCUT2D eigenvalue weighted by Gasteiger charge is -2.59. The van der Waals surface area contributed by atoms with Crippen LogP contribution in [0.4, 0.5) is 0 Å². The smallest absolute Gasteiger partial charge is 0.314 e. The molecule has 1 unspecified atom stereocenters. The molecule has 518 valence electrons. The van der Waals surface area contributed by atoms with Gasteiger partial charge in [0.1, 0.15) is 140 Å². The summed E-state index contributed by atoms with van der Waals surface area (Å²) in [7, 11) is 0. The largest absolute Gasteiger partial charge is 0.432 e. The fourth-order valence-electron chi connectivity index (χ4n) is 16.7. The SMILES string of the molecule is C=C1C[C@@]23CCC[C@H]4[C@@](C)(CCC[C@@]4(C)C(=O)OC4O[C@H](CO)[C@@H](O)[C@H](O[C@@H]5O[C@H](CO)[C@@H](O)[C@H](O)[C@H]5O)[C@H]4O[C@@H]4O[C@H](CO)[C@@H](O)[C@H](O)[C@H]4O)[C@@H]2CC[C@]1(O[C@@H]1O[C@H](CO)[C@@H](O)[C@H](O[C@@H]2O[C@H](CO)[C@@H](O)[C@H](O)[C@H]2O)[C@H]1O[C@@H]1O[C@H](CO)[C@@H](O)[C@H](O)[C@H]1O)C3. The maximum absolute atomic E-state index is 15.5. The van der Waals surface area contributed by atoms with Gasteiger partial charge in [0.05, 0.1) is 50.7 Å². The Labute approximate surface area is 516 Å². The average molecular weight is 1310 g/mol. The van der Waals surface area contributed by atoms with Crippen molar-refractivity contribution in [1.82, 2.24) is 0 Å². The molecule has 6 saturated heterocycles. The molecule has 0 radical (unpaired) electrons. The molecule has 2 bridgehead atoms. The van der Waals surface area contributed by atoms with Crippen molar-refractivity contribution in [2.45, 2.75) is 268 Å². The van der Waals surface area contributed by atoms with E-state index in [1.807, 2.05) is 0 Å². The Hall–Kier alpha value is -2.03. The molecular formula is C57H92O33. The summed E-state index contributed by atoms with van der Waals surface area (Å²) in [6.45, 7) is 3.10. The maximum Gasteiger partial charge on any atom is 0.314 e. The van der Waals surface area contributed by atoms with Crippen molar-refractivity contribution in [2.75, 3.05) is 39.6 Å². The summed E-state index contributed by atoms with van der Waals surface area (Å²) in [6.07, 6.45) is -51.2. The van der Waals surface area contributed by atoms with Gasteiger partial charge in [-0.05, 0) is 86.5 Å². The fourth-order valence-corrected chi connectivity index (χ4v) is 16.7. The van der Waals surface area contributed by atoms with E-state index in [4.69, 9.17) is 56.8 Å². The van der Waals surface area contributed by atoms with Gasteiger partial charge in [0.25, 0.3) is 0 Å². The van der Waals surface area contributed by atoms with Crippen LogP contribution in [0.1, 0.15) is 78.1 Å². The van der Waals surface area contributed by atoms with E-state index in [1.54, 1.807) is 6.92 Å². The Morgan fingerprint density at radius 2 is 0.789 bits per heavy atom. The maximum atomic E-state index is 15.5. The van der Waals surface area contributed by atoms with Crippen molar-refractivity contribution in [2.24, 2.45) is 28.1 Å². The lowest BCUT2D eigenvalue weighted by molar-refractivity contribution is -0.399. The molecule has 33 heteroatoms. The topological polar surface area (TPSA) is 532 Å². The van der Waals surface area contributed by atoms with E-state index >= 15 is 4.79 Å². The van der Waals surface area contributed by atoms with Crippen LogP contribution in [0.25, 0.3) is 0 Å². The van der Waals surface area contributed by atoms with E-state index in [-0.39, 0.29) is 25.2 Å². The standard InChI is InChI=1S/C57H92O33/c1-20-12-56-10-4-6-27-54(2,8-5-9-55(27,3)53(78)89-51-45(87-49-41(76)37(72)31(66)23(15-60)81-49)43(33(68)25(17-62)83-51)85-47-39(74)35(70)29(64)21(13-58)79-47)28(56)7-11-57(20,19-56)90-52-46(88-50-42(77)38(73)32(67)24(16-61)82-50)44(34(69)26(18-63)84-52)86-48-40(75)36(71)30(65)22(14-59)80-48/h21-52,58-77H,1,4-19H2,2-3H3/t21-,22-,23-,24-,25-,26-,27+,28+,29-,30-,31-,32-,33-,34-,35+,36+,37+,38+,39-,40-,41-,42-,43+,44+,45-,46-,47+,48+,49+,50+,51?,52+,54-,55-,56-,57+/m1/s1. The van der Waals surface area contributed by atoms with Crippen LogP contribution < -0.4 is 0 Å². The molecule has 4 aliphatic carbocycles. The van der Waals surface area contributed by atoms with Crippen molar-refractivity contribution in [1.29, 1.82) is 0 Å². The summed E-state index contributed by atoms with van der Waals surface area (Å²) in [5.41, 5.74) is -3.28. The third-order valence-electron chi connectivity index (χ3n) is 21.6. The van der Waals surface area contributed by atoms with Gasteiger partial charge in [-0.15, -0.1) is 0 Å². The van der Waals surface area contributed by atoms with E-state index in [0.717, 1.165) is 0 Å². The number of hydrogen-bond acceptors (Lipinski definition) is 33. The molecule has 36 atom stereocenters. The van der Waals surface area contributed by atoms with E-state index in [2.05, 4.69) is 13.5 Å². The van der Waals surface area contributed by atoms with Crippen molar-refractivity contribution < 1.29 is 164 Å². The predicted molar refractivity (Wildman–Crippen MR) is 289 cm³/mol. The van der Waals surface area contributed by atoms with Crippen LogP contribution in [0, 0.1) is 28.1 Å². The zero-order chi connectivity index (χ0) is 65.4. The summed E-state index contributed by atoms with van der Waals surface area (Å²) < 4.78 is 73.1. The number of esters is 1. The summed E-state index contributed by atoms with van der Waals surface area (Å²) >= 11 is 0. The summed E-state index contributed by atoms with van der Waals surface area (Å²) in [6, 6.07) is 0. The Morgan fingerprint density at radius 3 is 1.20 bits per heavy atom. The van der Waals surface area contributed by atoms with Crippen molar-refractivity contribution in [3.63, 3.8) is 0 Å². The minimum absolute atomic E-state index is 0.165. The predicted octanol–water partition coefficient (Wildman–Crippen LogP) is -9.08. The van der Waals surface area contributed by atoms with Gasteiger partial charge >= 0.3 is 5.97 Å². The van der Waals surface area contributed by atoms with Crippen LogP contribution in [0.2, 0.25) is 0 Å². The Balaban J connectivity index is 0.933. The van der Waals surface area contributed by atoms with E-state index in [9.17, 15) is 102 Å². The molecular weight excluding hydrogens is 1210 g/mol. The summed E-state index contributed by atoms with van der Waals surface area (Å²) in [4.78, 5) is 15.5.